The highest BCUT2D eigenvalue weighted by atomic mass is 32.2. The summed E-state index contributed by atoms with van der Waals surface area (Å²) in [6.45, 7) is 7.94. The zero-order valence-corrected chi connectivity index (χ0v) is 14.5. The van der Waals surface area contributed by atoms with Crippen molar-refractivity contribution in [3.63, 3.8) is 0 Å². The number of halogens is 1. The van der Waals surface area contributed by atoms with Gasteiger partial charge < -0.3 is 9.29 Å². The number of rotatable bonds is 6. The monoisotopic (exact) mass is 325 g/mol. The Morgan fingerprint density at radius 2 is 2.09 bits per heavy atom. The molecule has 22 heavy (non-hydrogen) atoms. The largest absolute Gasteiger partial charge is 0.591 e. The molecule has 0 aliphatic heterocycles. The Labute approximate surface area is 135 Å². The van der Waals surface area contributed by atoms with Gasteiger partial charge in [0.25, 0.3) is 0 Å². The predicted molar refractivity (Wildman–Crippen MR) is 89.3 cm³/mol. The van der Waals surface area contributed by atoms with Gasteiger partial charge in [-0.1, -0.05) is 17.2 Å². The minimum absolute atomic E-state index is 0.245. The molecule has 0 aromatic heterocycles. The van der Waals surface area contributed by atoms with Gasteiger partial charge in [-0.15, -0.1) is 0 Å². The van der Waals surface area contributed by atoms with E-state index in [0.717, 1.165) is 17.9 Å². The summed E-state index contributed by atoms with van der Waals surface area (Å²) >= 11 is -1.33. The zero-order valence-electron chi connectivity index (χ0n) is 13.7. The first kappa shape index (κ1) is 17.3. The van der Waals surface area contributed by atoms with Gasteiger partial charge in [0.1, 0.15) is 16.1 Å². The van der Waals surface area contributed by atoms with Crippen molar-refractivity contribution < 1.29 is 13.7 Å². The number of hydrogen-bond donors (Lipinski definition) is 0. The SMILES string of the molecule is C/C(=N\[S@@+]([O-])C(C)(C)C)c1ccc(F)c(OCCC2CC2)c1. The van der Waals surface area contributed by atoms with E-state index in [9.17, 15) is 8.94 Å². The van der Waals surface area contributed by atoms with Gasteiger partial charge in [0, 0.05) is 5.56 Å². The molecule has 0 heterocycles. The van der Waals surface area contributed by atoms with Crippen LogP contribution in [-0.2, 0) is 11.4 Å². The third-order valence-corrected chi connectivity index (χ3v) is 5.06. The molecule has 0 unspecified atom stereocenters. The Hall–Kier alpha value is -1.07. The lowest BCUT2D eigenvalue weighted by molar-refractivity contribution is 0.288. The van der Waals surface area contributed by atoms with Crippen LogP contribution in [0.1, 0.15) is 52.5 Å². The summed E-state index contributed by atoms with van der Waals surface area (Å²) in [6, 6.07) is 4.66. The second-order valence-corrected chi connectivity index (χ2v) is 8.67. The summed E-state index contributed by atoms with van der Waals surface area (Å²) < 4.78 is 35.2. The van der Waals surface area contributed by atoms with Gasteiger partial charge in [-0.25, -0.2) is 4.39 Å². The molecule has 0 radical (unpaired) electrons. The highest BCUT2D eigenvalue weighted by molar-refractivity contribution is 7.91. The lowest BCUT2D eigenvalue weighted by Crippen LogP contribution is -2.26. The highest BCUT2D eigenvalue weighted by Gasteiger charge is 2.27. The molecule has 1 aromatic carbocycles. The summed E-state index contributed by atoms with van der Waals surface area (Å²) in [7, 11) is 0. The molecule has 1 fully saturated rings. The second-order valence-electron chi connectivity index (χ2n) is 6.76. The van der Waals surface area contributed by atoms with Crippen molar-refractivity contribution in [3.8, 4) is 5.75 Å². The average Bonchev–Trinajstić information content (AvgIpc) is 3.23. The molecule has 0 saturated heterocycles. The molecule has 1 saturated carbocycles. The van der Waals surface area contributed by atoms with E-state index in [1.165, 1.54) is 18.9 Å². The fourth-order valence-corrected chi connectivity index (χ4v) is 2.52. The van der Waals surface area contributed by atoms with Gasteiger partial charge in [0.05, 0.1) is 12.3 Å². The van der Waals surface area contributed by atoms with Crippen molar-refractivity contribution in [2.45, 2.75) is 51.7 Å². The molecule has 122 valence electrons. The molecule has 5 heteroatoms. The van der Waals surface area contributed by atoms with Gasteiger partial charge in [-0.2, -0.15) is 0 Å². The van der Waals surface area contributed by atoms with Crippen LogP contribution in [0.3, 0.4) is 0 Å². The van der Waals surface area contributed by atoms with E-state index in [-0.39, 0.29) is 11.6 Å². The molecule has 1 aliphatic carbocycles. The smallest absolute Gasteiger partial charge is 0.165 e. The van der Waals surface area contributed by atoms with Crippen molar-refractivity contribution in [1.29, 1.82) is 0 Å². The predicted octanol–water partition coefficient (Wildman–Crippen LogP) is 4.28. The second kappa shape index (κ2) is 7.01. The lowest BCUT2D eigenvalue weighted by atomic mass is 10.1. The van der Waals surface area contributed by atoms with E-state index in [1.54, 1.807) is 19.1 Å². The molecule has 2 rings (SSSR count). The van der Waals surface area contributed by atoms with Gasteiger partial charge in [0.15, 0.2) is 11.6 Å². The van der Waals surface area contributed by atoms with Crippen LogP contribution in [0.5, 0.6) is 5.75 Å². The van der Waals surface area contributed by atoms with E-state index in [1.807, 2.05) is 20.8 Å². The van der Waals surface area contributed by atoms with Crippen LogP contribution in [0.2, 0.25) is 0 Å². The summed E-state index contributed by atoms with van der Waals surface area (Å²) in [5, 5.41) is 0. The normalized spacial score (nSPS) is 17.5. The van der Waals surface area contributed by atoms with Crippen LogP contribution >= 0.6 is 0 Å². The van der Waals surface area contributed by atoms with E-state index >= 15 is 0 Å². The van der Waals surface area contributed by atoms with Gasteiger partial charge >= 0.3 is 0 Å². The first-order valence-electron chi connectivity index (χ1n) is 7.67. The van der Waals surface area contributed by atoms with Crippen LogP contribution in [0, 0.1) is 11.7 Å². The Kier molecular flexibility index (Phi) is 5.50. The Morgan fingerprint density at radius 3 is 2.68 bits per heavy atom. The Morgan fingerprint density at radius 1 is 1.41 bits per heavy atom. The molecule has 0 amide bonds. The number of benzene rings is 1. The van der Waals surface area contributed by atoms with Crippen molar-refractivity contribution >= 4 is 17.1 Å². The summed E-state index contributed by atoms with van der Waals surface area (Å²) in [6.07, 6.45) is 3.50. The van der Waals surface area contributed by atoms with E-state index in [2.05, 4.69) is 4.40 Å². The average molecular weight is 325 g/mol. The first-order chi connectivity index (χ1) is 10.3. The first-order valence-corrected chi connectivity index (χ1v) is 8.78. The highest BCUT2D eigenvalue weighted by Crippen LogP contribution is 2.32. The van der Waals surface area contributed by atoms with Crippen LogP contribution in [0.25, 0.3) is 0 Å². The Bertz CT molecular complexity index is 550. The summed E-state index contributed by atoms with van der Waals surface area (Å²) in [5.74, 6) is 0.627. The molecule has 0 N–H and O–H groups in total. The Balaban J connectivity index is 2.08. The summed E-state index contributed by atoms with van der Waals surface area (Å²) in [5.41, 5.74) is 1.36. The molecule has 0 spiro atoms. The minimum atomic E-state index is -1.33. The molecule has 0 bridgehead atoms. The minimum Gasteiger partial charge on any atom is -0.591 e. The van der Waals surface area contributed by atoms with Crippen molar-refractivity contribution in [1.82, 2.24) is 0 Å². The molecule has 1 aliphatic rings. The maximum Gasteiger partial charge on any atom is 0.165 e. The maximum absolute atomic E-state index is 13.8. The van der Waals surface area contributed by atoms with E-state index in [0.29, 0.717) is 12.3 Å². The quantitative estimate of drug-likeness (QED) is 0.579. The maximum atomic E-state index is 13.8. The standard InChI is InChI=1S/C17H24FNO2S/c1-12(19-22(20)17(2,3)4)14-7-8-15(18)16(11-14)21-10-9-13-5-6-13/h7-8,11,13H,5-6,9-10H2,1-4H3/b19-12+/t22-/m0/s1. The van der Waals surface area contributed by atoms with Crippen molar-refractivity contribution in [2.24, 2.45) is 10.3 Å². The molecular formula is C17H24FNO2S. The summed E-state index contributed by atoms with van der Waals surface area (Å²) in [4.78, 5) is 0. The number of hydrogen-bond acceptors (Lipinski definition) is 3. The van der Waals surface area contributed by atoms with E-state index < -0.39 is 16.1 Å². The molecule has 3 nitrogen and oxygen atoms in total. The fraction of sp³-hybridized carbons (Fsp3) is 0.588. The van der Waals surface area contributed by atoms with Crippen LogP contribution in [-0.4, -0.2) is 21.6 Å². The zero-order chi connectivity index (χ0) is 16.3. The van der Waals surface area contributed by atoms with Gasteiger partial charge in [-0.05, 0) is 58.2 Å². The third-order valence-electron chi connectivity index (χ3n) is 3.57. The lowest BCUT2D eigenvalue weighted by Gasteiger charge is -2.19. The van der Waals surface area contributed by atoms with Crippen LogP contribution in [0.15, 0.2) is 22.6 Å². The van der Waals surface area contributed by atoms with Crippen LogP contribution in [0.4, 0.5) is 4.39 Å². The molecular weight excluding hydrogens is 301 g/mol. The fourth-order valence-electron chi connectivity index (χ4n) is 1.90. The third kappa shape index (κ3) is 4.99. The van der Waals surface area contributed by atoms with Crippen molar-refractivity contribution in [3.05, 3.63) is 29.6 Å². The number of nitrogens with zero attached hydrogens (tertiary/aromatic N) is 1. The van der Waals surface area contributed by atoms with Crippen LogP contribution < -0.4 is 4.74 Å². The van der Waals surface area contributed by atoms with Gasteiger partial charge in [-0.3, -0.25) is 0 Å². The van der Waals surface area contributed by atoms with E-state index in [4.69, 9.17) is 4.74 Å². The van der Waals surface area contributed by atoms with Gasteiger partial charge in [0.2, 0.25) is 0 Å². The molecule has 1 aromatic rings. The topological polar surface area (TPSA) is 44.7 Å². The van der Waals surface area contributed by atoms with Crippen molar-refractivity contribution in [2.75, 3.05) is 6.61 Å². The number of ether oxygens (including phenoxy) is 1. The molecule has 1 atom stereocenters.